The van der Waals surface area contributed by atoms with Crippen molar-refractivity contribution in [3.63, 3.8) is 0 Å². The highest BCUT2D eigenvalue weighted by atomic mass is 79.9. The SMILES string of the molecule is CC(C)(C)CC(=O)Nc1ccc(SCC(=O)Nc2ccc(Br)cc2)cc1. The second-order valence-corrected chi connectivity index (χ2v) is 9.12. The molecule has 0 unspecified atom stereocenters. The largest absolute Gasteiger partial charge is 0.326 e. The topological polar surface area (TPSA) is 58.2 Å². The second kappa shape index (κ2) is 9.24. The molecule has 0 fully saturated rings. The first-order valence-corrected chi connectivity index (χ1v) is 10.1. The van der Waals surface area contributed by atoms with Crippen LogP contribution < -0.4 is 10.6 Å². The summed E-state index contributed by atoms with van der Waals surface area (Å²) in [4.78, 5) is 24.9. The maximum Gasteiger partial charge on any atom is 0.234 e. The number of amides is 2. The van der Waals surface area contributed by atoms with Crippen molar-refractivity contribution < 1.29 is 9.59 Å². The lowest BCUT2D eigenvalue weighted by Crippen LogP contribution is -2.19. The van der Waals surface area contributed by atoms with Crippen molar-refractivity contribution in [2.24, 2.45) is 5.41 Å². The van der Waals surface area contributed by atoms with Crippen molar-refractivity contribution in [3.8, 4) is 0 Å². The molecular weight excluding hydrogens is 412 g/mol. The first kappa shape index (κ1) is 20.5. The standard InChI is InChI=1S/C20H23BrN2O2S/c1-20(2,3)12-18(24)22-16-8-10-17(11-9-16)26-13-19(25)23-15-6-4-14(21)5-7-15/h4-11H,12-13H2,1-3H3,(H,22,24)(H,23,25). The summed E-state index contributed by atoms with van der Waals surface area (Å²) in [7, 11) is 0. The third-order valence-corrected chi connectivity index (χ3v) is 4.87. The Morgan fingerprint density at radius 1 is 0.885 bits per heavy atom. The Hall–Kier alpha value is -1.79. The number of benzene rings is 2. The minimum Gasteiger partial charge on any atom is -0.326 e. The van der Waals surface area contributed by atoms with Gasteiger partial charge in [0.15, 0.2) is 0 Å². The maximum atomic E-state index is 12.0. The number of rotatable bonds is 6. The number of carbonyl (C=O) groups is 2. The fourth-order valence-corrected chi connectivity index (χ4v) is 3.16. The zero-order valence-electron chi connectivity index (χ0n) is 15.1. The highest BCUT2D eigenvalue weighted by Gasteiger charge is 2.15. The van der Waals surface area contributed by atoms with Gasteiger partial charge in [0.1, 0.15) is 0 Å². The van der Waals surface area contributed by atoms with Crippen LogP contribution in [-0.2, 0) is 9.59 Å². The van der Waals surface area contributed by atoms with E-state index < -0.39 is 0 Å². The zero-order chi connectivity index (χ0) is 19.2. The van der Waals surface area contributed by atoms with E-state index in [1.807, 2.05) is 69.3 Å². The molecule has 6 heteroatoms. The van der Waals surface area contributed by atoms with E-state index in [-0.39, 0.29) is 17.2 Å². The predicted molar refractivity (Wildman–Crippen MR) is 113 cm³/mol. The molecule has 2 N–H and O–H groups in total. The molecule has 0 aliphatic carbocycles. The zero-order valence-corrected chi connectivity index (χ0v) is 17.5. The number of hydrogen-bond acceptors (Lipinski definition) is 3. The van der Waals surface area contributed by atoms with E-state index in [2.05, 4.69) is 26.6 Å². The summed E-state index contributed by atoms with van der Waals surface area (Å²) in [5.74, 6) is 0.276. The molecule has 0 spiro atoms. The number of hydrogen-bond donors (Lipinski definition) is 2. The lowest BCUT2D eigenvalue weighted by Gasteiger charge is -2.17. The highest BCUT2D eigenvalue weighted by Crippen LogP contribution is 2.23. The van der Waals surface area contributed by atoms with Crippen LogP contribution in [0.15, 0.2) is 57.9 Å². The summed E-state index contributed by atoms with van der Waals surface area (Å²) in [5.41, 5.74) is 1.50. The number of halogens is 1. The first-order chi connectivity index (χ1) is 12.2. The third kappa shape index (κ3) is 7.62. The number of nitrogens with one attached hydrogen (secondary N) is 2. The summed E-state index contributed by atoms with van der Waals surface area (Å²) < 4.78 is 0.972. The van der Waals surface area contributed by atoms with Gasteiger partial charge in [0.2, 0.25) is 11.8 Å². The van der Waals surface area contributed by atoms with Gasteiger partial charge in [-0.25, -0.2) is 0 Å². The van der Waals surface area contributed by atoms with E-state index in [1.54, 1.807) is 0 Å². The van der Waals surface area contributed by atoms with Gasteiger partial charge in [0.25, 0.3) is 0 Å². The molecule has 2 rings (SSSR count). The smallest absolute Gasteiger partial charge is 0.234 e. The molecule has 0 aliphatic heterocycles. The molecule has 138 valence electrons. The molecular formula is C20H23BrN2O2S. The number of anilines is 2. The van der Waals surface area contributed by atoms with Crippen LogP contribution in [0, 0.1) is 5.41 Å². The van der Waals surface area contributed by atoms with Gasteiger partial charge in [-0.1, -0.05) is 36.7 Å². The van der Waals surface area contributed by atoms with Gasteiger partial charge in [-0.3, -0.25) is 9.59 Å². The summed E-state index contributed by atoms with van der Waals surface area (Å²) >= 11 is 4.82. The van der Waals surface area contributed by atoms with Crippen molar-refractivity contribution >= 4 is 50.9 Å². The molecule has 26 heavy (non-hydrogen) atoms. The van der Waals surface area contributed by atoms with Crippen molar-refractivity contribution in [1.82, 2.24) is 0 Å². The Morgan fingerprint density at radius 3 is 1.92 bits per heavy atom. The molecule has 0 radical (unpaired) electrons. The van der Waals surface area contributed by atoms with Crippen LogP contribution in [0.2, 0.25) is 0 Å². The molecule has 0 saturated carbocycles. The Kier molecular flexibility index (Phi) is 7.29. The van der Waals surface area contributed by atoms with Crippen LogP contribution in [0.25, 0.3) is 0 Å². The molecule has 0 heterocycles. The van der Waals surface area contributed by atoms with Gasteiger partial charge in [-0.2, -0.15) is 0 Å². The number of thioether (sulfide) groups is 1. The first-order valence-electron chi connectivity index (χ1n) is 8.29. The van der Waals surface area contributed by atoms with Crippen LogP contribution >= 0.6 is 27.7 Å². The summed E-state index contributed by atoms with van der Waals surface area (Å²) in [6.07, 6.45) is 0.472. The van der Waals surface area contributed by atoms with E-state index in [9.17, 15) is 9.59 Å². The van der Waals surface area contributed by atoms with Crippen molar-refractivity contribution in [1.29, 1.82) is 0 Å². The van der Waals surface area contributed by atoms with E-state index in [0.29, 0.717) is 12.2 Å². The molecule has 0 aromatic heterocycles. The molecule has 2 aromatic carbocycles. The van der Waals surface area contributed by atoms with Gasteiger partial charge in [0.05, 0.1) is 5.75 Å². The Balaban J connectivity index is 1.80. The normalized spacial score (nSPS) is 11.1. The minimum absolute atomic E-state index is 0.00628. The maximum absolute atomic E-state index is 12.0. The van der Waals surface area contributed by atoms with Crippen LogP contribution in [0.1, 0.15) is 27.2 Å². The molecule has 4 nitrogen and oxygen atoms in total. The summed E-state index contributed by atoms with van der Waals surface area (Å²) in [5, 5.41) is 5.76. The molecule has 0 aliphatic rings. The lowest BCUT2D eigenvalue weighted by molar-refractivity contribution is -0.118. The van der Waals surface area contributed by atoms with Crippen LogP contribution in [0.4, 0.5) is 11.4 Å². The Bertz CT molecular complexity index is 753. The Labute approximate surface area is 167 Å². The molecule has 0 saturated heterocycles. The fourth-order valence-electron chi connectivity index (χ4n) is 2.20. The summed E-state index contributed by atoms with van der Waals surface area (Å²) in [6, 6.07) is 15.0. The van der Waals surface area contributed by atoms with E-state index in [1.165, 1.54) is 11.8 Å². The van der Waals surface area contributed by atoms with Gasteiger partial charge in [-0.15, -0.1) is 11.8 Å². The van der Waals surface area contributed by atoms with Crippen molar-refractivity contribution in [2.75, 3.05) is 16.4 Å². The van der Waals surface area contributed by atoms with Gasteiger partial charge in [0, 0.05) is 27.2 Å². The van der Waals surface area contributed by atoms with Crippen LogP contribution in [0.5, 0.6) is 0 Å². The highest BCUT2D eigenvalue weighted by molar-refractivity contribution is 9.10. The second-order valence-electron chi connectivity index (χ2n) is 7.15. The van der Waals surface area contributed by atoms with Crippen molar-refractivity contribution in [2.45, 2.75) is 32.1 Å². The minimum atomic E-state index is -0.0557. The summed E-state index contributed by atoms with van der Waals surface area (Å²) in [6.45, 7) is 6.10. The molecule has 2 amide bonds. The van der Waals surface area contributed by atoms with Gasteiger partial charge < -0.3 is 10.6 Å². The van der Waals surface area contributed by atoms with Crippen molar-refractivity contribution in [3.05, 3.63) is 53.0 Å². The van der Waals surface area contributed by atoms with E-state index in [0.717, 1.165) is 20.7 Å². The molecule has 2 aromatic rings. The lowest BCUT2D eigenvalue weighted by atomic mass is 9.92. The van der Waals surface area contributed by atoms with E-state index in [4.69, 9.17) is 0 Å². The number of carbonyl (C=O) groups excluding carboxylic acids is 2. The molecule has 0 bridgehead atoms. The monoisotopic (exact) mass is 434 g/mol. The predicted octanol–water partition coefficient (Wildman–Crippen LogP) is 5.55. The van der Waals surface area contributed by atoms with Gasteiger partial charge in [-0.05, 0) is 53.9 Å². The fraction of sp³-hybridized carbons (Fsp3) is 0.300. The average molecular weight is 435 g/mol. The quantitative estimate of drug-likeness (QED) is 0.585. The van der Waals surface area contributed by atoms with Crippen LogP contribution in [0.3, 0.4) is 0 Å². The van der Waals surface area contributed by atoms with E-state index >= 15 is 0 Å². The molecule has 0 atom stereocenters. The van der Waals surface area contributed by atoms with Crippen LogP contribution in [-0.4, -0.2) is 17.6 Å². The Morgan fingerprint density at radius 2 is 1.38 bits per heavy atom. The average Bonchev–Trinajstić information content (AvgIpc) is 2.54. The third-order valence-electron chi connectivity index (χ3n) is 3.33. The van der Waals surface area contributed by atoms with Gasteiger partial charge >= 0.3 is 0 Å².